The van der Waals surface area contributed by atoms with Gasteiger partial charge in [-0.05, 0) is 37.4 Å². The topological polar surface area (TPSA) is 94.0 Å². The molecule has 9 nitrogen and oxygen atoms in total. The summed E-state index contributed by atoms with van der Waals surface area (Å²) in [4.78, 5) is 7.40. The highest BCUT2D eigenvalue weighted by Gasteiger charge is 2.37. The minimum absolute atomic E-state index is 0.208. The van der Waals surface area contributed by atoms with E-state index in [9.17, 15) is 5.26 Å². The molecule has 3 aromatic heterocycles. The predicted molar refractivity (Wildman–Crippen MR) is 147 cm³/mol. The molecule has 2 fully saturated rings. The van der Waals surface area contributed by atoms with E-state index in [0.717, 1.165) is 67.3 Å². The largest absolute Gasteiger partial charge is 0.377 e. The van der Waals surface area contributed by atoms with Crippen LogP contribution in [0.15, 0.2) is 24.5 Å². The molecule has 1 aliphatic heterocycles. The van der Waals surface area contributed by atoms with Gasteiger partial charge < -0.3 is 14.4 Å². The van der Waals surface area contributed by atoms with Gasteiger partial charge in [0.15, 0.2) is 11.5 Å². The molecule has 1 saturated heterocycles. The Labute approximate surface area is 220 Å². The molecule has 3 aromatic rings. The molecule has 5 rings (SSSR count). The zero-order valence-electron chi connectivity index (χ0n) is 22.6. The Bertz CT molecular complexity index is 1270. The van der Waals surface area contributed by atoms with Crippen molar-refractivity contribution >= 4 is 24.9 Å². The van der Waals surface area contributed by atoms with Crippen molar-refractivity contribution in [2.45, 2.75) is 82.9 Å². The molecule has 0 aromatic carbocycles. The zero-order chi connectivity index (χ0) is 26.0. The van der Waals surface area contributed by atoms with E-state index < -0.39 is 13.5 Å². The molecule has 2 aliphatic rings. The second kappa shape index (κ2) is 10.6. The predicted octanol–water partition coefficient (Wildman–Crippen LogP) is 4.88. The van der Waals surface area contributed by atoms with E-state index in [-0.39, 0.29) is 6.04 Å². The summed E-state index contributed by atoms with van der Waals surface area (Å²) in [5.41, 5.74) is 1.28. The van der Waals surface area contributed by atoms with E-state index in [1.165, 1.54) is 6.42 Å². The summed E-state index contributed by atoms with van der Waals surface area (Å²) >= 11 is 0. The Morgan fingerprint density at radius 3 is 2.76 bits per heavy atom. The van der Waals surface area contributed by atoms with Crippen molar-refractivity contribution < 1.29 is 9.47 Å². The standard InChI is InChI=1S/C27H39N7O2Si/c1-21-18-35-13-12-33(21)25-16-23(27(19-28)9-6-5-7-10-27)22-17-29-34(26(22)30-25)24-8-11-32(31-24)20-36-14-15-37(2,3)4/h8,11,16-17,21H,5-7,9-10,12-15,18,20H2,1-4H3/t21-/m1/s1. The van der Waals surface area contributed by atoms with Gasteiger partial charge in [-0.2, -0.15) is 20.1 Å². The summed E-state index contributed by atoms with van der Waals surface area (Å²) in [6, 6.07) is 8.15. The van der Waals surface area contributed by atoms with E-state index in [0.29, 0.717) is 25.8 Å². The number of rotatable bonds is 8. The molecule has 0 spiro atoms. The quantitative estimate of drug-likeness (QED) is 0.308. The summed E-state index contributed by atoms with van der Waals surface area (Å²) in [6.45, 7) is 12.5. The van der Waals surface area contributed by atoms with E-state index in [1.54, 1.807) is 9.36 Å². The monoisotopic (exact) mass is 521 g/mol. The summed E-state index contributed by atoms with van der Waals surface area (Å²) in [5, 5.41) is 20.8. The van der Waals surface area contributed by atoms with Crippen LogP contribution in [0.1, 0.15) is 44.6 Å². The first-order chi connectivity index (χ1) is 17.8. The summed E-state index contributed by atoms with van der Waals surface area (Å²) < 4.78 is 15.2. The van der Waals surface area contributed by atoms with Crippen molar-refractivity contribution in [1.82, 2.24) is 24.5 Å². The molecule has 0 N–H and O–H groups in total. The Balaban J connectivity index is 1.52. The molecule has 0 radical (unpaired) electrons. The van der Waals surface area contributed by atoms with Crippen molar-refractivity contribution in [3.63, 3.8) is 0 Å². The van der Waals surface area contributed by atoms with Crippen LogP contribution < -0.4 is 4.90 Å². The number of nitrogens with zero attached hydrogens (tertiary/aromatic N) is 7. The maximum Gasteiger partial charge on any atom is 0.177 e. The molecular weight excluding hydrogens is 482 g/mol. The second-order valence-corrected chi connectivity index (χ2v) is 17.4. The maximum atomic E-state index is 10.4. The highest BCUT2D eigenvalue weighted by molar-refractivity contribution is 6.76. The first kappa shape index (κ1) is 25.9. The molecule has 1 atom stereocenters. The Kier molecular flexibility index (Phi) is 7.39. The van der Waals surface area contributed by atoms with Gasteiger partial charge in [-0.1, -0.05) is 38.9 Å². The number of hydrogen-bond donors (Lipinski definition) is 0. The third-order valence-electron chi connectivity index (χ3n) is 7.69. The van der Waals surface area contributed by atoms with Crippen LogP contribution in [0.4, 0.5) is 5.82 Å². The van der Waals surface area contributed by atoms with Gasteiger partial charge >= 0.3 is 0 Å². The van der Waals surface area contributed by atoms with Gasteiger partial charge in [-0.25, -0.2) is 9.67 Å². The van der Waals surface area contributed by atoms with Gasteiger partial charge in [0.05, 0.1) is 36.9 Å². The normalized spacial score (nSPS) is 20.3. The average molecular weight is 522 g/mol. The Hall–Kier alpha value is -2.74. The number of aromatic nitrogens is 5. The smallest absolute Gasteiger partial charge is 0.177 e. The van der Waals surface area contributed by atoms with E-state index in [1.807, 2.05) is 18.5 Å². The Morgan fingerprint density at radius 2 is 2.03 bits per heavy atom. The second-order valence-electron chi connectivity index (χ2n) is 11.8. The van der Waals surface area contributed by atoms with Crippen molar-refractivity contribution in [2.75, 3.05) is 31.3 Å². The van der Waals surface area contributed by atoms with Crippen LogP contribution in [-0.2, 0) is 21.6 Å². The lowest BCUT2D eigenvalue weighted by molar-refractivity contribution is 0.0785. The third-order valence-corrected chi connectivity index (χ3v) is 9.39. The number of morpholine rings is 1. The molecule has 0 unspecified atom stereocenters. The first-order valence-electron chi connectivity index (χ1n) is 13.6. The molecule has 1 aliphatic carbocycles. The van der Waals surface area contributed by atoms with E-state index in [4.69, 9.17) is 24.7 Å². The third kappa shape index (κ3) is 5.44. The summed E-state index contributed by atoms with van der Waals surface area (Å²) in [6.07, 6.45) is 8.84. The maximum absolute atomic E-state index is 10.4. The van der Waals surface area contributed by atoms with Gasteiger partial charge in [0.1, 0.15) is 12.5 Å². The van der Waals surface area contributed by atoms with Crippen molar-refractivity contribution in [1.29, 1.82) is 5.26 Å². The van der Waals surface area contributed by atoms with Gasteiger partial charge in [0.25, 0.3) is 0 Å². The molecule has 10 heteroatoms. The fourth-order valence-electron chi connectivity index (χ4n) is 5.43. The zero-order valence-corrected chi connectivity index (χ0v) is 23.6. The van der Waals surface area contributed by atoms with Gasteiger partial charge in [0, 0.05) is 38.9 Å². The van der Waals surface area contributed by atoms with Crippen LogP contribution in [0, 0.1) is 11.3 Å². The van der Waals surface area contributed by atoms with E-state index in [2.05, 4.69) is 43.6 Å². The number of nitriles is 1. The molecule has 198 valence electrons. The van der Waals surface area contributed by atoms with Gasteiger partial charge in [-0.3, -0.25) is 0 Å². The van der Waals surface area contributed by atoms with Crippen LogP contribution in [-0.4, -0.2) is 65.0 Å². The minimum Gasteiger partial charge on any atom is -0.377 e. The summed E-state index contributed by atoms with van der Waals surface area (Å²) in [7, 11) is -1.13. The van der Waals surface area contributed by atoms with Gasteiger partial charge in [0.2, 0.25) is 0 Å². The minimum atomic E-state index is -1.13. The highest BCUT2D eigenvalue weighted by Crippen LogP contribution is 2.43. The van der Waals surface area contributed by atoms with E-state index >= 15 is 0 Å². The Morgan fingerprint density at radius 1 is 1.22 bits per heavy atom. The number of anilines is 1. The average Bonchev–Trinajstić information content (AvgIpc) is 3.53. The molecule has 4 heterocycles. The van der Waals surface area contributed by atoms with Crippen LogP contribution >= 0.6 is 0 Å². The summed E-state index contributed by atoms with van der Waals surface area (Å²) in [5.74, 6) is 1.58. The molecule has 1 saturated carbocycles. The van der Waals surface area contributed by atoms with Gasteiger partial charge in [-0.15, -0.1) is 0 Å². The number of pyridine rings is 1. The lowest BCUT2D eigenvalue weighted by Crippen LogP contribution is -2.44. The number of hydrogen-bond acceptors (Lipinski definition) is 7. The van der Waals surface area contributed by atoms with Crippen molar-refractivity contribution in [2.24, 2.45) is 0 Å². The molecule has 0 bridgehead atoms. The molecule has 0 amide bonds. The number of ether oxygens (including phenoxy) is 2. The lowest BCUT2D eigenvalue weighted by Gasteiger charge is -2.36. The fourth-order valence-corrected chi connectivity index (χ4v) is 6.19. The lowest BCUT2D eigenvalue weighted by atomic mass is 9.70. The van der Waals surface area contributed by atoms with Crippen LogP contribution in [0.2, 0.25) is 25.7 Å². The molecular formula is C27H39N7O2Si. The first-order valence-corrected chi connectivity index (χ1v) is 17.3. The van der Waals surface area contributed by atoms with Crippen LogP contribution in [0.3, 0.4) is 0 Å². The highest BCUT2D eigenvalue weighted by atomic mass is 28.3. The SMILES string of the molecule is C[C@@H]1COCCN1c1cc(C2(C#N)CCCCC2)c2cnn(-c3ccn(COCC[Si](C)(C)C)n3)c2n1. The number of fused-ring (bicyclic) bond motifs is 1. The van der Waals surface area contributed by atoms with Crippen LogP contribution in [0.25, 0.3) is 16.9 Å². The van der Waals surface area contributed by atoms with Crippen LogP contribution in [0.5, 0.6) is 0 Å². The molecule has 37 heavy (non-hydrogen) atoms. The van der Waals surface area contributed by atoms with Crippen molar-refractivity contribution in [3.05, 3.63) is 30.1 Å². The van der Waals surface area contributed by atoms with Crippen molar-refractivity contribution in [3.8, 4) is 11.9 Å². The fraction of sp³-hybridized carbons (Fsp3) is 0.630.